The van der Waals surface area contributed by atoms with Crippen LogP contribution in [-0.2, 0) is 9.53 Å². The van der Waals surface area contributed by atoms with E-state index >= 15 is 0 Å². The molecule has 0 aromatic carbocycles. The Balaban J connectivity index is 2.09. The number of rotatable bonds is 3. The van der Waals surface area contributed by atoms with Crippen LogP contribution >= 0.6 is 11.6 Å². The highest BCUT2D eigenvalue weighted by atomic mass is 35.5. The minimum atomic E-state index is -0.393. The van der Waals surface area contributed by atoms with E-state index < -0.39 is 5.24 Å². The molecule has 0 heterocycles. The average molecular weight is 177 g/mol. The lowest BCUT2D eigenvalue weighted by atomic mass is 9.98. The molecule has 3 heteroatoms. The van der Waals surface area contributed by atoms with Crippen LogP contribution in [0.4, 0.5) is 0 Å². The van der Waals surface area contributed by atoms with Crippen LogP contribution in [0.25, 0.3) is 0 Å². The molecule has 2 nitrogen and oxygen atoms in total. The van der Waals surface area contributed by atoms with Crippen molar-refractivity contribution in [2.45, 2.75) is 38.2 Å². The molecule has 1 saturated carbocycles. The van der Waals surface area contributed by atoms with E-state index in [-0.39, 0.29) is 12.7 Å². The maximum atomic E-state index is 10.3. The van der Waals surface area contributed by atoms with Crippen LogP contribution < -0.4 is 0 Å². The second kappa shape index (κ2) is 4.73. The molecule has 1 fully saturated rings. The molecule has 1 aliphatic rings. The van der Waals surface area contributed by atoms with Gasteiger partial charge >= 0.3 is 0 Å². The Morgan fingerprint density at radius 1 is 1.36 bits per heavy atom. The summed E-state index contributed by atoms with van der Waals surface area (Å²) in [6, 6.07) is 0. The van der Waals surface area contributed by atoms with Crippen molar-refractivity contribution in [1.29, 1.82) is 0 Å². The first-order valence-electron chi connectivity index (χ1n) is 4.09. The number of carbonyl (C=O) groups is 1. The van der Waals surface area contributed by atoms with Crippen LogP contribution in [-0.4, -0.2) is 18.0 Å². The quantitative estimate of drug-likeness (QED) is 0.616. The second-order valence-corrected chi connectivity index (χ2v) is 3.35. The standard InChI is InChI=1S/C8H13ClO2/c9-8(10)6-11-7-4-2-1-3-5-7/h7H,1-6H2. The van der Waals surface area contributed by atoms with Gasteiger partial charge in [0, 0.05) is 0 Å². The molecule has 0 saturated heterocycles. The molecule has 0 amide bonds. The van der Waals surface area contributed by atoms with Crippen LogP contribution in [0.15, 0.2) is 0 Å². The minimum Gasteiger partial charge on any atom is -0.369 e. The van der Waals surface area contributed by atoms with Crippen LogP contribution in [0.5, 0.6) is 0 Å². The molecule has 1 rings (SSSR count). The summed E-state index contributed by atoms with van der Waals surface area (Å²) in [5, 5.41) is -0.393. The lowest BCUT2D eigenvalue weighted by Crippen LogP contribution is -2.19. The topological polar surface area (TPSA) is 26.3 Å². The van der Waals surface area contributed by atoms with Gasteiger partial charge in [0.25, 0.3) is 0 Å². The Morgan fingerprint density at radius 2 is 2.00 bits per heavy atom. The second-order valence-electron chi connectivity index (χ2n) is 2.93. The first kappa shape index (κ1) is 9.01. The Kier molecular flexibility index (Phi) is 3.87. The Bertz CT molecular complexity index is 130. The molecular weight excluding hydrogens is 164 g/mol. The van der Waals surface area contributed by atoms with Gasteiger partial charge in [-0.2, -0.15) is 0 Å². The van der Waals surface area contributed by atoms with Gasteiger partial charge in [-0.25, -0.2) is 0 Å². The molecular formula is C8H13ClO2. The van der Waals surface area contributed by atoms with Crippen molar-refractivity contribution >= 4 is 16.8 Å². The molecule has 11 heavy (non-hydrogen) atoms. The first-order chi connectivity index (χ1) is 5.29. The molecule has 0 atom stereocenters. The van der Waals surface area contributed by atoms with E-state index in [2.05, 4.69) is 0 Å². The number of halogens is 1. The summed E-state index contributed by atoms with van der Waals surface area (Å²) in [5.74, 6) is 0. The van der Waals surface area contributed by atoms with Crippen molar-refractivity contribution < 1.29 is 9.53 Å². The Hall–Kier alpha value is -0.0800. The molecule has 0 spiro atoms. The van der Waals surface area contributed by atoms with Crippen LogP contribution in [0.2, 0.25) is 0 Å². The number of carbonyl (C=O) groups excluding carboxylic acids is 1. The number of ether oxygens (including phenoxy) is 1. The third-order valence-corrected chi connectivity index (χ3v) is 2.09. The number of hydrogen-bond acceptors (Lipinski definition) is 2. The third kappa shape index (κ3) is 3.73. The van der Waals surface area contributed by atoms with E-state index in [4.69, 9.17) is 16.3 Å². The predicted octanol–water partition coefficient (Wildman–Crippen LogP) is 2.10. The fourth-order valence-electron chi connectivity index (χ4n) is 1.42. The van der Waals surface area contributed by atoms with Gasteiger partial charge in [-0.3, -0.25) is 4.79 Å². The molecule has 0 radical (unpaired) electrons. The van der Waals surface area contributed by atoms with Crippen LogP contribution in [0.3, 0.4) is 0 Å². The van der Waals surface area contributed by atoms with Gasteiger partial charge in [-0.1, -0.05) is 19.3 Å². The highest BCUT2D eigenvalue weighted by Crippen LogP contribution is 2.19. The fourth-order valence-corrected chi connectivity index (χ4v) is 1.48. The summed E-state index contributed by atoms with van der Waals surface area (Å²) in [6.07, 6.45) is 6.21. The van der Waals surface area contributed by atoms with E-state index in [9.17, 15) is 4.79 Å². The molecule has 0 unspecified atom stereocenters. The first-order valence-corrected chi connectivity index (χ1v) is 4.47. The molecule has 64 valence electrons. The largest absolute Gasteiger partial charge is 0.369 e. The number of hydrogen-bond donors (Lipinski definition) is 0. The summed E-state index contributed by atoms with van der Waals surface area (Å²) >= 11 is 5.13. The monoisotopic (exact) mass is 176 g/mol. The predicted molar refractivity (Wildman–Crippen MR) is 43.7 cm³/mol. The lowest BCUT2D eigenvalue weighted by molar-refractivity contribution is -0.118. The van der Waals surface area contributed by atoms with Crippen molar-refractivity contribution in [3.05, 3.63) is 0 Å². The van der Waals surface area contributed by atoms with Crippen molar-refractivity contribution in [1.82, 2.24) is 0 Å². The van der Waals surface area contributed by atoms with Crippen molar-refractivity contribution in [3.63, 3.8) is 0 Å². The van der Waals surface area contributed by atoms with E-state index in [1.165, 1.54) is 19.3 Å². The van der Waals surface area contributed by atoms with Gasteiger partial charge in [0.1, 0.15) is 6.61 Å². The summed E-state index contributed by atoms with van der Waals surface area (Å²) < 4.78 is 5.26. The zero-order valence-corrected chi connectivity index (χ0v) is 7.27. The Morgan fingerprint density at radius 3 is 2.55 bits per heavy atom. The van der Waals surface area contributed by atoms with Crippen molar-refractivity contribution in [2.75, 3.05) is 6.61 Å². The summed E-state index contributed by atoms with van der Waals surface area (Å²) in [4.78, 5) is 10.3. The smallest absolute Gasteiger partial charge is 0.247 e. The maximum absolute atomic E-state index is 10.3. The summed E-state index contributed by atoms with van der Waals surface area (Å²) in [5.41, 5.74) is 0. The normalized spacial score (nSPS) is 20.1. The van der Waals surface area contributed by atoms with E-state index in [0.29, 0.717) is 0 Å². The highest BCUT2D eigenvalue weighted by molar-refractivity contribution is 6.63. The SMILES string of the molecule is O=C(Cl)COC1CCCCC1. The van der Waals surface area contributed by atoms with Gasteiger partial charge in [0.15, 0.2) is 0 Å². The fraction of sp³-hybridized carbons (Fsp3) is 0.875. The highest BCUT2D eigenvalue weighted by Gasteiger charge is 2.14. The Labute approximate surface area is 71.9 Å². The molecule has 0 aromatic rings. The molecule has 1 aliphatic carbocycles. The lowest BCUT2D eigenvalue weighted by Gasteiger charge is -2.20. The molecule has 0 N–H and O–H groups in total. The minimum absolute atomic E-state index is 0.0756. The average Bonchev–Trinajstić information content (AvgIpc) is 2.03. The third-order valence-electron chi connectivity index (χ3n) is 1.98. The van der Waals surface area contributed by atoms with E-state index in [1.807, 2.05) is 0 Å². The zero-order chi connectivity index (χ0) is 8.10. The van der Waals surface area contributed by atoms with Gasteiger partial charge in [-0.05, 0) is 24.4 Å². The van der Waals surface area contributed by atoms with Crippen molar-refractivity contribution in [3.8, 4) is 0 Å². The van der Waals surface area contributed by atoms with Gasteiger partial charge in [-0.15, -0.1) is 0 Å². The van der Waals surface area contributed by atoms with Gasteiger partial charge in [0.05, 0.1) is 6.10 Å². The van der Waals surface area contributed by atoms with Crippen molar-refractivity contribution in [2.24, 2.45) is 0 Å². The van der Waals surface area contributed by atoms with E-state index in [1.54, 1.807) is 0 Å². The van der Waals surface area contributed by atoms with E-state index in [0.717, 1.165) is 12.8 Å². The van der Waals surface area contributed by atoms with Gasteiger partial charge in [0.2, 0.25) is 5.24 Å². The van der Waals surface area contributed by atoms with Crippen LogP contribution in [0.1, 0.15) is 32.1 Å². The zero-order valence-electron chi connectivity index (χ0n) is 6.51. The van der Waals surface area contributed by atoms with Gasteiger partial charge < -0.3 is 4.74 Å². The van der Waals surface area contributed by atoms with Crippen LogP contribution in [0, 0.1) is 0 Å². The summed E-state index contributed by atoms with van der Waals surface area (Å²) in [6.45, 7) is 0.0756. The molecule has 0 aromatic heterocycles. The maximum Gasteiger partial charge on any atom is 0.247 e. The molecule has 0 bridgehead atoms. The summed E-state index contributed by atoms with van der Waals surface area (Å²) in [7, 11) is 0. The molecule has 0 aliphatic heterocycles.